The van der Waals surface area contributed by atoms with Gasteiger partial charge in [0, 0.05) is 29.5 Å². The first-order chi connectivity index (χ1) is 12.2. The van der Waals surface area contributed by atoms with Gasteiger partial charge in [0.1, 0.15) is 6.29 Å². The molecule has 0 aromatic heterocycles. The van der Waals surface area contributed by atoms with E-state index >= 15 is 0 Å². The van der Waals surface area contributed by atoms with Gasteiger partial charge in [-0.3, -0.25) is 4.90 Å². The normalized spacial score (nSPS) is 39.0. The summed E-state index contributed by atoms with van der Waals surface area (Å²) in [6.45, 7) is 10.0. The molecule has 0 bridgehead atoms. The third-order valence-electron chi connectivity index (χ3n) is 7.90. The average molecular weight is 356 g/mol. The Morgan fingerprint density at radius 1 is 1.23 bits per heavy atom. The smallest absolute Gasteiger partial charge is 0.124 e. The van der Waals surface area contributed by atoms with Gasteiger partial charge in [-0.25, -0.2) is 0 Å². The highest BCUT2D eigenvalue weighted by Crippen LogP contribution is 2.69. The van der Waals surface area contributed by atoms with Gasteiger partial charge in [0.2, 0.25) is 0 Å². The molecule has 26 heavy (non-hydrogen) atoms. The van der Waals surface area contributed by atoms with E-state index in [0.717, 1.165) is 19.3 Å². The SMILES string of the molecule is CC(C)(C)C1(Cc2ccccc2)N(C2[C@@H](C=O)C[C@]2(C)O)CC12CCC2. The second kappa shape index (κ2) is 5.65. The molecule has 3 nitrogen and oxygen atoms in total. The average Bonchev–Trinajstić information content (AvgIpc) is 2.51. The van der Waals surface area contributed by atoms with Crippen LogP contribution in [-0.2, 0) is 11.2 Å². The lowest BCUT2D eigenvalue weighted by molar-refractivity contribution is -0.304. The number of aliphatic hydroxyl groups is 1. The summed E-state index contributed by atoms with van der Waals surface area (Å²) in [7, 11) is 0. The van der Waals surface area contributed by atoms with Crippen LogP contribution in [0.1, 0.15) is 58.9 Å². The van der Waals surface area contributed by atoms with Gasteiger partial charge in [0.05, 0.1) is 5.60 Å². The molecule has 3 heteroatoms. The Labute approximate surface area is 157 Å². The zero-order valence-corrected chi connectivity index (χ0v) is 16.7. The molecule has 3 aliphatic rings. The molecule has 1 aromatic rings. The summed E-state index contributed by atoms with van der Waals surface area (Å²) in [5, 5.41) is 10.9. The second-order valence-electron chi connectivity index (χ2n) is 10.3. The van der Waals surface area contributed by atoms with Crippen molar-refractivity contribution in [2.24, 2.45) is 16.7 Å². The summed E-state index contributed by atoms with van der Waals surface area (Å²) in [5.74, 6) is -0.0417. The van der Waals surface area contributed by atoms with Crippen molar-refractivity contribution < 1.29 is 9.90 Å². The van der Waals surface area contributed by atoms with Crippen LogP contribution in [0.2, 0.25) is 0 Å². The molecule has 2 unspecified atom stereocenters. The first-order valence-corrected chi connectivity index (χ1v) is 10.2. The second-order valence-corrected chi connectivity index (χ2v) is 10.3. The van der Waals surface area contributed by atoms with Gasteiger partial charge in [-0.05, 0) is 43.6 Å². The van der Waals surface area contributed by atoms with Gasteiger partial charge in [0.15, 0.2) is 0 Å². The number of carbonyl (C=O) groups is 1. The number of rotatable bonds is 4. The van der Waals surface area contributed by atoms with Gasteiger partial charge in [-0.1, -0.05) is 57.5 Å². The van der Waals surface area contributed by atoms with E-state index in [2.05, 4.69) is 56.0 Å². The van der Waals surface area contributed by atoms with Crippen LogP contribution in [0.25, 0.3) is 0 Å². The van der Waals surface area contributed by atoms with Crippen LogP contribution in [0.3, 0.4) is 0 Å². The summed E-state index contributed by atoms with van der Waals surface area (Å²) in [5.41, 5.74) is 1.00. The van der Waals surface area contributed by atoms with Crippen molar-refractivity contribution in [2.75, 3.05) is 6.54 Å². The molecule has 3 fully saturated rings. The molecule has 1 aliphatic heterocycles. The Bertz CT molecular complexity index is 686. The topological polar surface area (TPSA) is 40.5 Å². The highest BCUT2D eigenvalue weighted by molar-refractivity contribution is 5.58. The van der Waals surface area contributed by atoms with Crippen molar-refractivity contribution in [1.29, 1.82) is 0 Å². The van der Waals surface area contributed by atoms with Crippen molar-refractivity contribution in [3.8, 4) is 0 Å². The Morgan fingerprint density at radius 3 is 2.35 bits per heavy atom. The van der Waals surface area contributed by atoms with Crippen molar-refractivity contribution in [3.05, 3.63) is 35.9 Å². The molecule has 1 heterocycles. The predicted octanol–water partition coefficient (Wildman–Crippen LogP) is 3.84. The molecule has 2 aliphatic carbocycles. The summed E-state index contributed by atoms with van der Waals surface area (Å²) in [6, 6.07) is 10.7. The molecule has 1 saturated heterocycles. The Balaban J connectivity index is 1.78. The van der Waals surface area contributed by atoms with E-state index in [1.165, 1.54) is 24.8 Å². The minimum atomic E-state index is -0.760. The fraction of sp³-hybridized carbons (Fsp3) is 0.696. The summed E-state index contributed by atoms with van der Waals surface area (Å²) >= 11 is 0. The van der Waals surface area contributed by atoms with Crippen molar-refractivity contribution in [2.45, 2.75) is 77.0 Å². The maximum absolute atomic E-state index is 11.7. The van der Waals surface area contributed by atoms with Crippen LogP contribution >= 0.6 is 0 Å². The zero-order chi connectivity index (χ0) is 18.8. The minimum absolute atomic E-state index is 0.00403. The monoisotopic (exact) mass is 355 g/mol. The van der Waals surface area contributed by atoms with E-state index in [1.807, 2.05) is 6.92 Å². The lowest BCUT2D eigenvalue weighted by Crippen LogP contribution is -2.87. The van der Waals surface area contributed by atoms with Crippen LogP contribution < -0.4 is 0 Å². The van der Waals surface area contributed by atoms with Crippen LogP contribution in [0, 0.1) is 16.7 Å². The molecular formula is C23H33NO2. The number of likely N-dealkylation sites (tertiary alicyclic amines) is 1. The molecule has 1 spiro atoms. The standard InChI is InChI=1S/C23H33NO2/c1-20(2,3)23(13-17-9-6-5-7-10-17)22(11-8-12-22)16-24(23)19-18(15-25)14-21(19,4)26/h5-7,9-10,15,18-19,26H,8,11-14,16H2,1-4H3/t18-,19?,21+,23?/m1/s1. The molecule has 4 atom stereocenters. The number of carbonyl (C=O) groups excluding carboxylic acids is 1. The highest BCUT2D eigenvalue weighted by Gasteiger charge is 2.74. The first kappa shape index (κ1) is 18.2. The zero-order valence-electron chi connectivity index (χ0n) is 16.7. The third-order valence-corrected chi connectivity index (χ3v) is 7.90. The number of hydrogen-bond acceptors (Lipinski definition) is 3. The molecule has 1 N–H and O–H groups in total. The maximum atomic E-state index is 11.7. The molecular weight excluding hydrogens is 322 g/mol. The van der Waals surface area contributed by atoms with E-state index in [9.17, 15) is 9.90 Å². The fourth-order valence-electron chi connectivity index (χ4n) is 6.69. The molecule has 0 radical (unpaired) electrons. The van der Waals surface area contributed by atoms with Gasteiger partial charge < -0.3 is 9.90 Å². The van der Waals surface area contributed by atoms with Crippen molar-refractivity contribution in [3.63, 3.8) is 0 Å². The number of benzene rings is 1. The highest BCUT2D eigenvalue weighted by atomic mass is 16.3. The summed E-state index contributed by atoms with van der Waals surface area (Å²) in [4.78, 5) is 14.2. The predicted molar refractivity (Wildman–Crippen MR) is 104 cm³/mol. The molecule has 2 saturated carbocycles. The van der Waals surface area contributed by atoms with Crippen molar-refractivity contribution in [1.82, 2.24) is 4.90 Å². The van der Waals surface area contributed by atoms with E-state index in [1.54, 1.807) is 0 Å². The van der Waals surface area contributed by atoms with E-state index in [-0.39, 0.29) is 22.9 Å². The van der Waals surface area contributed by atoms with Crippen LogP contribution in [0.15, 0.2) is 30.3 Å². The summed E-state index contributed by atoms with van der Waals surface area (Å²) in [6.07, 6.45) is 6.51. The number of aldehydes is 1. The van der Waals surface area contributed by atoms with E-state index in [4.69, 9.17) is 0 Å². The molecule has 1 aromatic carbocycles. The van der Waals surface area contributed by atoms with Crippen LogP contribution in [0.4, 0.5) is 0 Å². The van der Waals surface area contributed by atoms with Gasteiger partial charge >= 0.3 is 0 Å². The Hall–Kier alpha value is -1.19. The third kappa shape index (κ3) is 2.23. The fourth-order valence-corrected chi connectivity index (χ4v) is 6.69. The number of hydrogen-bond donors (Lipinski definition) is 1. The quantitative estimate of drug-likeness (QED) is 0.834. The molecule has 0 amide bonds. The largest absolute Gasteiger partial charge is 0.388 e. The Kier molecular flexibility index (Phi) is 3.95. The Morgan fingerprint density at radius 2 is 1.88 bits per heavy atom. The van der Waals surface area contributed by atoms with Gasteiger partial charge in [0.25, 0.3) is 0 Å². The van der Waals surface area contributed by atoms with Crippen molar-refractivity contribution >= 4 is 6.29 Å². The van der Waals surface area contributed by atoms with Gasteiger partial charge in [-0.15, -0.1) is 0 Å². The maximum Gasteiger partial charge on any atom is 0.124 e. The first-order valence-electron chi connectivity index (χ1n) is 10.2. The molecule has 4 rings (SSSR count). The number of nitrogens with zero attached hydrogens (tertiary/aromatic N) is 1. The van der Waals surface area contributed by atoms with E-state index < -0.39 is 5.60 Å². The van der Waals surface area contributed by atoms with E-state index in [0.29, 0.717) is 11.8 Å². The van der Waals surface area contributed by atoms with Gasteiger partial charge in [-0.2, -0.15) is 0 Å². The minimum Gasteiger partial charge on any atom is -0.388 e. The van der Waals surface area contributed by atoms with Crippen LogP contribution in [0.5, 0.6) is 0 Å². The van der Waals surface area contributed by atoms with Crippen LogP contribution in [-0.4, -0.2) is 40.0 Å². The molecule has 142 valence electrons. The lowest BCUT2D eigenvalue weighted by atomic mass is 9.41. The lowest BCUT2D eigenvalue weighted by Gasteiger charge is -2.79. The summed E-state index contributed by atoms with van der Waals surface area (Å²) < 4.78 is 0.